The van der Waals surface area contributed by atoms with Gasteiger partial charge in [-0.3, -0.25) is 0 Å². The minimum Gasteiger partial charge on any atom is -0.536 e. The Balaban J connectivity index is 1.86. The third-order valence-electron chi connectivity index (χ3n) is 4.81. The zero-order valence-corrected chi connectivity index (χ0v) is 17.6. The second kappa shape index (κ2) is 9.56. The summed E-state index contributed by atoms with van der Waals surface area (Å²) in [5, 5.41) is 0. The molecule has 0 aliphatic rings. The van der Waals surface area contributed by atoms with Crippen LogP contribution < -0.4 is 0 Å². The van der Waals surface area contributed by atoms with E-state index >= 15 is 0 Å². The highest BCUT2D eigenvalue weighted by atomic mass is 32.2. The van der Waals surface area contributed by atoms with E-state index in [2.05, 4.69) is 10.8 Å². The molecular formula is C27H21NO2S-2. The quantitative estimate of drug-likeness (QED) is 0.254. The highest BCUT2D eigenvalue weighted by Crippen LogP contribution is 2.40. The first-order chi connectivity index (χ1) is 15.1. The summed E-state index contributed by atoms with van der Waals surface area (Å²) in [6.45, 7) is 0. The van der Waals surface area contributed by atoms with Crippen LogP contribution in [-0.4, -0.2) is 8.42 Å². The van der Waals surface area contributed by atoms with Crippen molar-refractivity contribution in [1.29, 1.82) is 0 Å². The summed E-state index contributed by atoms with van der Waals surface area (Å²) < 4.78 is 30.8. The van der Waals surface area contributed by atoms with Crippen molar-refractivity contribution in [2.45, 2.75) is 10.9 Å². The van der Waals surface area contributed by atoms with Gasteiger partial charge in [0.25, 0.3) is 0 Å². The molecule has 4 rings (SSSR count). The summed E-state index contributed by atoms with van der Waals surface area (Å²) in [4.78, 5) is 0.169. The second-order valence-corrected chi connectivity index (χ2v) is 8.61. The molecular weight excluding hydrogens is 402 g/mol. The maximum absolute atomic E-state index is 13.2. The number of rotatable bonds is 7. The molecule has 0 amide bonds. The molecule has 0 saturated carbocycles. The average molecular weight is 424 g/mol. The molecule has 0 heterocycles. The molecule has 0 fully saturated rings. The third kappa shape index (κ3) is 5.18. The van der Waals surface area contributed by atoms with Crippen LogP contribution in [0.3, 0.4) is 0 Å². The Morgan fingerprint density at radius 2 is 1.13 bits per heavy atom. The SMILES string of the molecule is O=S(=O)([N-]C(C(=[C-]c1ccccc1)c1ccccc1)c1ccccc1)c1ccccc1. The van der Waals surface area contributed by atoms with Gasteiger partial charge in [0.05, 0.1) is 0 Å². The van der Waals surface area contributed by atoms with Crippen molar-refractivity contribution in [2.75, 3.05) is 0 Å². The maximum Gasteiger partial charge on any atom is 0.101 e. The van der Waals surface area contributed by atoms with Crippen LogP contribution in [0.1, 0.15) is 22.7 Å². The normalized spacial score (nSPS) is 13.0. The molecule has 3 nitrogen and oxygen atoms in total. The third-order valence-corrected chi connectivity index (χ3v) is 6.17. The van der Waals surface area contributed by atoms with E-state index in [1.54, 1.807) is 30.3 Å². The van der Waals surface area contributed by atoms with Gasteiger partial charge in [-0.15, -0.1) is 41.5 Å². The summed E-state index contributed by atoms with van der Waals surface area (Å²) >= 11 is 0. The van der Waals surface area contributed by atoms with E-state index in [1.807, 2.05) is 91.0 Å². The fraction of sp³-hybridized carbons (Fsp3) is 0.0370. The second-order valence-electron chi connectivity index (χ2n) is 6.98. The summed E-state index contributed by atoms with van der Waals surface area (Å²) in [5.41, 5.74) is 3.20. The first-order valence-corrected chi connectivity index (χ1v) is 11.4. The maximum atomic E-state index is 13.2. The predicted molar refractivity (Wildman–Crippen MR) is 125 cm³/mol. The number of nitrogens with zero attached hydrogens (tertiary/aromatic N) is 1. The van der Waals surface area contributed by atoms with Gasteiger partial charge in [-0.25, -0.2) is 8.42 Å². The van der Waals surface area contributed by atoms with Gasteiger partial charge >= 0.3 is 0 Å². The fourth-order valence-electron chi connectivity index (χ4n) is 3.30. The van der Waals surface area contributed by atoms with Crippen molar-refractivity contribution < 1.29 is 8.42 Å². The minimum absolute atomic E-state index is 0.169. The Morgan fingerprint density at radius 1 is 0.645 bits per heavy atom. The highest BCUT2D eigenvalue weighted by Gasteiger charge is 2.13. The Kier molecular flexibility index (Phi) is 6.41. The molecule has 0 N–H and O–H groups in total. The lowest BCUT2D eigenvalue weighted by molar-refractivity contribution is 0.600. The molecule has 154 valence electrons. The summed E-state index contributed by atoms with van der Waals surface area (Å²) in [5.74, 6) is 0. The van der Waals surface area contributed by atoms with Crippen molar-refractivity contribution in [2.24, 2.45) is 0 Å². The van der Waals surface area contributed by atoms with E-state index < -0.39 is 16.1 Å². The van der Waals surface area contributed by atoms with Gasteiger partial charge in [0, 0.05) is 4.90 Å². The van der Waals surface area contributed by atoms with Crippen LogP contribution in [-0.2, 0) is 10.0 Å². The van der Waals surface area contributed by atoms with Crippen molar-refractivity contribution in [3.05, 3.63) is 149 Å². The molecule has 1 atom stereocenters. The summed E-state index contributed by atoms with van der Waals surface area (Å²) in [6.07, 6.45) is 3.43. The van der Waals surface area contributed by atoms with Crippen molar-refractivity contribution >= 4 is 15.6 Å². The number of hydrogen-bond donors (Lipinski definition) is 0. The lowest BCUT2D eigenvalue weighted by Gasteiger charge is -2.37. The zero-order valence-electron chi connectivity index (χ0n) is 16.8. The van der Waals surface area contributed by atoms with Gasteiger partial charge in [-0.2, -0.15) is 0 Å². The van der Waals surface area contributed by atoms with Crippen LogP contribution in [0.4, 0.5) is 0 Å². The lowest BCUT2D eigenvalue weighted by atomic mass is 9.92. The molecule has 0 radical (unpaired) electrons. The summed E-state index contributed by atoms with van der Waals surface area (Å²) in [6, 6.07) is 36.4. The highest BCUT2D eigenvalue weighted by molar-refractivity contribution is 7.94. The molecule has 0 aromatic heterocycles. The minimum atomic E-state index is -3.89. The van der Waals surface area contributed by atoms with Crippen LogP contribution >= 0.6 is 0 Å². The zero-order chi connectivity index (χ0) is 21.5. The van der Waals surface area contributed by atoms with Gasteiger partial charge in [0.1, 0.15) is 10.0 Å². The molecule has 4 aromatic rings. The van der Waals surface area contributed by atoms with E-state index in [4.69, 9.17) is 0 Å². The average Bonchev–Trinajstić information content (AvgIpc) is 2.84. The smallest absolute Gasteiger partial charge is 0.101 e. The molecule has 1 unspecified atom stereocenters. The number of benzene rings is 4. The molecule has 0 aliphatic carbocycles. The van der Waals surface area contributed by atoms with Gasteiger partial charge in [-0.05, 0) is 12.1 Å². The Bertz CT molecular complexity index is 1240. The lowest BCUT2D eigenvalue weighted by Crippen LogP contribution is -2.09. The fourth-order valence-corrected chi connectivity index (χ4v) is 4.43. The van der Waals surface area contributed by atoms with Crippen LogP contribution in [0.5, 0.6) is 0 Å². The molecule has 0 spiro atoms. The van der Waals surface area contributed by atoms with Gasteiger partial charge < -0.3 is 4.72 Å². The van der Waals surface area contributed by atoms with E-state index in [-0.39, 0.29) is 4.90 Å². The van der Waals surface area contributed by atoms with Crippen LogP contribution in [0.25, 0.3) is 10.3 Å². The molecule has 31 heavy (non-hydrogen) atoms. The Morgan fingerprint density at radius 3 is 1.71 bits per heavy atom. The first-order valence-electron chi connectivity index (χ1n) is 9.95. The van der Waals surface area contributed by atoms with Gasteiger partial charge in [0.15, 0.2) is 0 Å². The van der Waals surface area contributed by atoms with E-state index in [9.17, 15) is 8.42 Å². The number of hydrogen-bond acceptors (Lipinski definition) is 2. The monoisotopic (exact) mass is 423 g/mol. The summed E-state index contributed by atoms with van der Waals surface area (Å²) in [7, 11) is -3.89. The van der Waals surface area contributed by atoms with Crippen molar-refractivity contribution in [3.63, 3.8) is 0 Å². The molecule has 4 aromatic carbocycles. The topological polar surface area (TPSA) is 48.2 Å². The Hall–Kier alpha value is -3.47. The standard InChI is InChI=1S/C27H21NO2S/c29-31(30,25-19-11-4-12-20-25)28-27(24-17-9-3-10-18-24)26(23-15-7-2-8-16-23)21-22-13-5-1-6-14-22/h1-20,27H/q-2. The van der Waals surface area contributed by atoms with Crippen molar-refractivity contribution in [1.82, 2.24) is 0 Å². The molecule has 0 bridgehead atoms. The van der Waals surface area contributed by atoms with Gasteiger partial charge in [0.2, 0.25) is 0 Å². The molecule has 0 saturated heterocycles. The van der Waals surface area contributed by atoms with E-state index in [1.165, 1.54) is 0 Å². The van der Waals surface area contributed by atoms with Crippen molar-refractivity contribution in [3.8, 4) is 0 Å². The molecule has 0 aliphatic heterocycles. The van der Waals surface area contributed by atoms with Crippen LogP contribution in [0.15, 0.2) is 126 Å². The van der Waals surface area contributed by atoms with E-state index in [0.29, 0.717) is 5.57 Å². The van der Waals surface area contributed by atoms with E-state index in [0.717, 1.165) is 16.7 Å². The van der Waals surface area contributed by atoms with Crippen LogP contribution in [0, 0.1) is 6.08 Å². The largest absolute Gasteiger partial charge is 0.536 e. The Labute approximate surface area is 183 Å². The van der Waals surface area contributed by atoms with Gasteiger partial charge in [-0.1, -0.05) is 102 Å². The van der Waals surface area contributed by atoms with Crippen LogP contribution in [0.2, 0.25) is 0 Å². The number of sulfonamides is 1. The first kappa shape index (κ1) is 20.8. The molecule has 4 heteroatoms. The predicted octanol–water partition coefficient (Wildman–Crippen LogP) is 6.43.